The highest BCUT2D eigenvalue weighted by atomic mass is 19.1. The third-order valence-electron chi connectivity index (χ3n) is 8.84. The molecule has 7 nitrogen and oxygen atoms in total. The van der Waals surface area contributed by atoms with Gasteiger partial charge in [0.15, 0.2) is 23.1 Å². The summed E-state index contributed by atoms with van der Waals surface area (Å²) in [4.78, 5) is 16.9. The number of alkyl carbamates (subject to hydrolysis) is 1. The van der Waals surface area contributed by atoms with Crippen LogP contribution in [0.15, 0.2) is 134 Å². The van der Waals surface area contributed by atoms with Crippen molar-refractivity contribution in [3.05, 3.63) is 168 Å². The summed E-state index contributed by atoms with van der Waals surface area (Å²) in [7, 11) is 0. The lowest BCUT2D eigenvalue weighted by Gasteiger charge is -2.31. The van der Waals surface area contributed by atoms with Gasteiger partial charge in [-0.3, -0.25) is 10.2 Å². The molecular formula is C42H47F2N3O4. The van der Waals surface area contributed by atoms with Crippen LogP contribution >= 0.6 is 0 Å². The van der Waals surface area contributed by atoms with Gasteiger partial charge in [0.2, 0.25) is 0 Å². The Hall–Kier alpha value is -5.25. The Morgan fingerprint density at radius 2 is 1.45 bits per heavy atom. The number of carbonyl (C=O) groups is 1. The molecule has 1 aliphatic heterocycles. The molecule has 0 aromatic heterocycles. The highest BCUT2D eigenvalue weighted by Crippen LogP contribution is 2.24. The average Bonchev–Trinajstić information content (AvgIpc) is 3.13. The summed E-state index contributed by atoms with van der Waals surface area (Å²) in [6.07, 6.45) is 10.6. The van der Waals surface area contributed by atoms with E-state index in [1.165, 1.54) is 17.7 Å². The number of ether oxygens (including phenoxy) is 1. The zero-order valence-corrected chi connectivity index (χ0v) is 29.0. The van der Waals surface area contributed by atoms with Gasteiger partial charge in [-0.15, -0.1) is 0 Å². The van der Waals surface area contributed by atoms with Gasteiger partial charge in [0.25, 0.3) is 0 Å². The van der Waals surface area contributed by atoms with Gasteiger partial charge >= 0.3 is 6.09 Å². The number of allylic oxidation sites excluding steroid dienone is 6. The van der Waals surface area contributed by atoms with Crippen LogP contribution in [-0.2, 0) is 30.7 Å². The minimum atomic E-state index is -0.696. The summed E-state index contributed by atoms with van der Waals surface area (Å²) in [5.41, 5.74) is 4.56. The molecule has 0 spiro atoms. The number of hydrogen-bond acceptors (Lipinski definition) is 6. The fourth-order valence-corrected chi connectivity index (χ4v) is 5.85. The van der Waals surface area contributed by atoms with E-state index < -0.39 is 29.2 Å². The quantitative estimate of drug-likeness (QED) is 0.123. The highest BCUT2D eigenvalue weighted by molar-refractivity contribution is 5.72. The van der Waals surface area contributed by atoms with E-state index in [1.807, 2.05) is 4.90 Å². The summed E-state index contributed by atoms with van der Waals surface area (Å²) in [5.74, 6) is -2.25. The number of phenolic OH excluding ortho intramolecular Hbond substituents is 2. The largest absolute Gasteiger partial charge is 0.505 e. The molecule has 1 aliphatic rings. The first-order chi connectivity index (χ1) is 24.6. The molecule has 3 aromatic carbocycles. The number of carbonyl (C=O) groups excluding carboxylic acids is 1. The lowest BCUT2D eigenvalue weighted by atomic mass is 10.0. The summed E-state index contributed by atoms with van der Waals surface area (Å²) < 4.78 is 35.0. The molecule has 1 heterocycles. The normalized spacial score (nSPS) is 14.1. The number of hydrogen-bond donors (Lipinski definition) is 3. The first-order valence-electron chi connectivity index (χ1n) is 17.0. The summed E-state index contributed by atoms with van der Waals surface area (Å²) in [6.45, 7) is 18.7. The van der Waals surface area contributed by atoms with Crippen molar-refractivity contribution in [3.63, 3.8) is 0 Å². The summed E-state index contributed by atoms with van der Waals surface area (Å²) >= 11 is 0. The minimum absolute atomic E-state index is 0.160. The first kappa shape index (κ1) is 38.6. The zero-order chi connectivity index (χ0) is 36.8. The molecule has 3 N–H and O–H groups in total. The van der Waals surface area contributed by atoms with Gasteiger partial charge in [-0.25, -0.2) is 13.6 Å². The fourth-order valence-electron chi connectivity index (χ4n) is 5.85. The van der Waals surface area contributed by atoms with Crippen molar-refractivity contribution < 1.29 is 28.5 Å². The number of benzene rings is 3. The molecule has 1 saturated heterocycles. The third kappa shape index (κ3) is 11.7. The molecule has 3 aromatic rings. The van der Waals surface area contributed by atoms with E-state index in [0.29, 0.717) is 40.9 Å². The Kier molecular flexibility index (Phi) is 14.5. The monoisotopic (exact) mass is 695 g/mol. The molecule has 268 valence electrons. The number of nitrogens with zero attached hydrogens (tertiary/aromatic N) is 2. The maximum atomic E-state index is 14.6. The molecule has 9 heteroatoms. The minimum Gasteiger partial charge on any atom is -0.505 e. The van der Waals surface area contributed by atoms with E-state index in [2.05, 4.69) is 60.8 Å². The molecular weight excluding hydrogens is 648 g/mol. The Morgan fingerprint density at radius 1 is 0.882 bits per heavy atom. The van der Waals surface area contributed by atoms with Crippen LogP contribution in [0.3, 0.4) is 0 Å². The number of phenols is 2. The molecule has 0 bridgehead atoms. The van der Waals surface area contributed by atoms with Crippen LogP contribution in [-0.4, -0.2) is 58.4 Å². The molecule has 1 amide bonds. The third-order valence-corrected chi connectivity index (χ3v) is 8.84. The van der Waals surface area contributed by atoms with Gasteiger partial charge < -0.3 is 19.8 Å². The maximum absolute atomic E-state index is 14.6. The number of nitrogens with one attached hydrogen (secondary N) is 1. The Bertz CT molecular complexity index is 1700. The van der Waals surface area contributed by atoms with Crippen molar-refractivity contribution >= 4 is 6.09 Å². The van der Waals surface area contributed by atoms with Crippen LogP contribution in [0.5, 0.6) is 11.5 Å². The van der Waals surface area contributed by atoms with E-state index in [0.717, 1.165) is 44.5 Å². The van der Waals surface area contributed by atoms with E-state index in [9.17, 15) is 23.8 Å². The van der Waals surface area contributed by atoms with Gasteiger partial charge in [-0.1, -0.05) is 99.2 Å². The predicted octanol–water partition coefficient (Wildman–Crippen LogP) is 8.28. The van der Waals surface area contributed by atoms with Crippen molar-refractivity contribution in [2.75, 3.05) is 26.2 Å². The fraction of sp³-hybridized carbons (Fsp3) is 0.262. The Balaban J connectivity index is 1.24. The van der Waals surface area contributed by atoms with E-state index in [4.69, 9.17) is 4.74 Å². The van der Waals surface area contributed by atoms with E-state index in [-0.39, 0.29) is 19.2 Å². The standard InChI is InChI=1S/C42H47F2N3O4/c1-5-7-11-30(3)31(4)37(10-6-2)45-42(50)51-36-22-26-46(27-23-36)24-20-32-16-18-33(19-17-32)21-25-47(28-34-12-8-14-38(48)40(34)43)29-35-13-9-15-39(49)41(35)44/h5-19,36,48-49H,1-4,20-29H2,(H,45,50)/b11-7-,37-10+. The van der Waals surface area contributed by atoms with Gasteiger partial charge in [-0.2, -0.15) is 0 Å². The highest BCUT2D eigenvalue weighted by Gasteiger charge is 2.23. The smallest absolute Gasteiger partial charge is 0.411 e. The number of likely N-dealkylation sites (tertiary alicyclic amines) is 1. The molecule has 0 atom stereocenters. The number of aromatic hydroxyl groups is 2. The van der Waals surface area contributed by atoms with Crippen LogP contribution in [0, 0.1) is 11.6 Å². The lowest BCUT2D eigenvalue weighted by Crippen LogP contribution is -2.40. The number of halogens is 2. The Morgan fingerprint density at radius 3 is 2.00 bits per heavy atom. The van der Waals surface area contributed by atoms with Crippen LogP contribution in [0.4, 0.5) is 13.6 Å². The van der Waals surface area contributed by atoms with Crippen LogP contribution in [0.25, 0.3) is 0 Å². The maximum Gasteiger partial charge on any atom is 0.411 e. The first-order valence-corrected chi connectivity index (χ1v) is 17.0. The van der Waals surface area contributed by atoms with Gasteiger partial charge in [0.05, 0.1) is 5.70 Å². The molecule has 51 heavy (non-hydrogen) atoms. The summed E-state index contributed by atoms with van der Waals surface area (Å²) in [5, 5.41) is 22.5. The topological polar surface area (TPSA) is 85.3 Å². The number of rotatable bonds is 17. The second kappa shape index (κ2) is 19.2. The van der Waals surface area contributed by atoms with Gasteiger partial charge in [0.1, 0.15) is 6.10 Å². The number of piperidine rings is 1. The molecule has 0 aliphatic carbocycles. The lowest BCUT2D eigenvalue weighted by molar-refractivity contribution is 0.0527. The molecule has 1 fully saturated rings. The van der Waals surface area contributed by atoms with E-state index in [1.54, 1.807) is 54.6 Å². The van der Waals surface area contributed by atoms with Gasteiger partial charge in [-0.05, 0) is 66.2 Å². The van der Waals surface area contributed by atoms with E-state index >= 15 is 0 Å². The second-order valence-electron chi connectivity index (χ2n) is 12.5. The summed E-state index contributed by atoms with van der Waals surface area (Å²) in [6, 6.07) is 17.3. The Labute approximate surface area is 299 Å². The van der Waals surface area contributed by atoms with Crippen molar-refractivity contribution in [2.45, 2.75) is 44.9 Å². The number of amides is 1. The van der Waals surface area contributed by atoms with Crippen molar-refractivity contribution in [2.24, 2.45) is 0 Å². The average molecular weight is 696 g/mol. The molecule has 0 radical (unpaired) electrons. The molecule has 0 saturated carbocycles. The second-order valence-corrected chi connectivity index (χ2v) is 12.5. The zero-order valence-electron chi connectivity index (χ0n) is 29.0. The van der Waals surface area contributed by atoms with Crippen molar-refractivity contribution in [1.29, 1.82) is 0 Å². The van der Waals surface area contributed by atoms with Crippen LogP contribution in [0.2, 0.25) is 0 Å². The molecule has 0 unspecified atom stereocenters. The SMILES string of the molecule is C=C/C=C\C(=C)C(=C)/C(=C\C=C)NC(=O)OC1CCN(CCc2ccc(CCN(Cc3cccc(O)c3F)Cc3cccc(O)c3F)cc2)CC1. The molecule has 4 rings (SSSR count). The predicted molar refractivity (Wildman–Crippen MR) is 199 cm³/mol. The van der Waals surface area contributed by atoms with Crippen LogP contribution in [0.1, 0.15) is 35.1 Å². The van der Waals surface area contributed by atoms with Crippen molar-refractivity contribution in [1.82, 2.24) is 15.1 Å². The van der Waals surface area contributed by atoms with Gasteiger partial charge in [0, 0.05) is 50.4 Å². The van der Waals surface area contributed by atoms with Crippen molar-refractivity contribution in [3.8, 4) is 11.5 Å². The van der Waals surface area contributed by atoms with Crippen LogP contribution < -0.4 is 5.32 Å².